The molecular formula is C14H13N5O2. The van der Waals surface area contributed by atoms with Crippen LogP contribution in [0, 0.1) is 0 Å². The minimum Gasteiger partial charge on any atom is -0.487 e. The molecule has 0 amide bonds. The van der Waals surface area contributed by atoms with Crippen LogP contribution in [0.2, 0.25) is 0 Å². The van der Waals surface area contributed by atoms with Crippen molar-refractivity contribution in [3.05, 3.63) is 53.6 Å². The second kappa shape index (κ2) is 5.66. The van der Waals surface area contributed by atoms with E-state index in [1.165, 1.54) is 23.3 Å². The van der Waals surface area contributed by atoms with Gasteiger partial charge in [-0.05, 0) is 19.1 Å². The van der Waals surface area contributed by atoms with Gasteiger partial charge in [-0.25, -0.2) is 15.0 Å². The van der Waals surface area contributed by atoms with Crippen molar-refractivity contribution in [2.75, 3.05) is 0 Å². The summed E-state index contributed by atoms with van der Waals surface area (Å²) in [5.74, 6) is 0.659. The first-order valence-electron chi connectivity index (χ1n) is 6.47. The molecule has 21 heavy (non-hydrogen) atoms. The van der Waals surface area contributed by atoms with Gasteiger partial charge in [0.15, 0.2) is 11.2 Å². The molecule has 1 atom stereocenters. The zero-order valence-corrected chi connectivity index (χ0v) is 11.4. The first kappa shape index (κ1) is 13.2. The van der Waals surface area contributed by atoms with Gasteiger partial charge in [-0.1, -0.05) is 0 Å². The third kappa shape index (κ3) is 2.86. The lowest BCUT2D eigenvalue weighted by molar-refractivity contribution is 0.197. The molecule has 0 aromatic carbocycles. The van der Waals surface area contributed by atoms with Gasteiger partial charge in [0.05, 0.1) is 12.7 Å². The summed E-state index contributed by atoms with van der Waals surface area (Å²) in [5.41, 5.74) is 0.378. The van der Waals surface area contributed by atoms with Crippen LogP contribution < -0.4 is 10.3 Å². The molecule has 3 aromatic rings. The molecule has 0 saturated heterocycles. The maximum Gasteiger partial charge on any atom is 0.281 e. The van der Waals surface area contributed by atoms with Crippen LogP contribution >= 0.6 is 0 Å². The first-order chi connectivity index (χ1) is 10.2. The lowest BCUT2D eigenvalue weighted by Crippen LogP contribution is -2.29. The summed E-state index contributed by atoms with van der Waals surface area (Å²) in [5, 5.41) is 0. The molecule has 3 aromatic heterocycles. The van der Waals surface area contributed by atoms with Gasteiger partial charge in [-0.15, -0.1) is 0 Å². The van der Waals surface area contributed by atoms with E-state index in [0.29, 0.717) is 17.9 Å². The fourth-order valence-corrected chi connectivity index (χ4v) is 1.98. The molecule has 0 unspecified atom stereocenters. The van der Waals surface area contributed by atoms with Crippen molar-refractivity contribution in [2.24, 2.45) is 0 Å². The predicted octanol–water partition coefficient (Wildman–Crippen LogP) is 1.05. The van der Waals surface area contributed by atoms with Crippen LogP contribution in [0.15, 0.2) is 48.0 Å². The molecule has 0 aliphatic carbocycles. The highest BCUT2D eigenvalue weighted by molar-refractivity contribution is 5.66. The molecule has 0 aliphatic rings. The maximum atomic E-state index is 12.3. The minimum absolute atomic E-state index is 0.206. The van der Waals surface area contributed by atoms with Crippen molar-refractivity contribution in [3.8, 4) is 5.75 Å². The second-order valence-electron chi connectivity index (χ2n) is 4.55. The normalized spacial score (nSPS) is 12.2. The fraction of sp³-hybridized carbons (Fsp3) is 0.214. The van der Waals surface area contributed by atoms with E-state index in [1.807, 2.05) is 13.0 Å². The lowest BCUT2D eigenvalue weighted by Gasteiger charge is -2.15. The Morgan fingerprint density at radius 1 is 1.24 bits per heavy atom. The fourth-order valence-electron chi connectivity index (χ4n) is 1.98. The first-order valence-corrected chi connectivity index (χ1v) is 6.47. The number of hydrogen-bond acceptors (Lipinski definition) is 6. The van der Waals surface area contributed by atoms with Gasteiger partial charge < -0.3 is 4.74 Å². The van der Waals surface area contributed by atoms with E-state index in [2.05, 4.69) is 19.9 Å². The quantitative estimate of drug-likeness (QED) is 0.711. The summed E-state index contributed by atoms with van der Waals surface area (Å²) in [6.45, 7) is 2.24. The van der Waals surface area contributed by atoms with Crippen LogP contribution in [-0.2, 0) is 6.54 Å². The number of hydrogen-bond donors (Lipinski definition) is 0. The molecule has 0 radical (unpaired) electrons. The molecular weight excluding hydrogens is 270 g/mol. The summed E-state index contributed by atoms with van der Waals surface area (Å²) in [7, 11) is 0. The average molecular weight is 283 g/mol. The molecule has 3 rings (SSSR count). The molecule has 106 valence electrons. The maximum absolute atomic E-state index is 12.3. The van der Waals surface area contributed by atoms with Crippen molar-refractivity contribution in [2.45, 2.75) is 19.6 Å². The van der Waals surface area contributed by atoms with Crippen molar-refractivity contribution < 1.29 is 4.74 Å². The Labute approximate surface area is 120 Å². The van der Waals surface area contributed by atoms with E-state index in [9.17, 15) is 4.79 Å². The zero-order chi connectivity index (χ0) is 14.7. The monoisotopic (exact) mass is 283 g/mol. The van der Waals surface area contributed by atoms with Crippen molar-refractivity contribution in [1.82, 2.24) is 24.5 Å². The molecule has 3 heterocycles. The summed E-state index contributed by atoms with van der Waals surface area (Å²) in [6, 6.07) is 3.61. The highest BCUT2D eigenvalue weighted by Gasteiger charge is 2.10. The van der Waals surface area contributed by atoms with Gasteiger partial charge in [0.2, 0.25) is 0 Å². The summed E-state index contributed by atoms with van der Waals surface area (Å²) in [4.78, 5) is 28.4. The third-order valence-corrected chi connectivity index (χ3v) is 2.89. The Morgan fingerprint density at radius 2 is 2.10 bits per heavy atom. The molecule has 7 nitrogen and oxygen atoms in total. The van der Waals surface area contributed by atoms with E-state index in [0.717, 1.165) is 0 Å². The third-order valence-electron chi connectivity index (χ3n) is 2.89. The van der Waals surface area contributed by atoms with Gasteiger partial charge in [0.1, 0.15) is 18.2 Å². The number of fused-ring (bicyclic) bond motifs is 1. The summed E-state index contributed by atoms with van der Waals surface area (Å²) in [6.07, 6.45) is 7.54. The molecule has 0 spiro atoms. The number of pyridine rings is 1. The summed E-state index contributed by atoms with van der Waals surface area (Å²) < 4.78 is 7.17. The number of rotatable bonds is 4. The molecule has 0 aliphatic heterocycles. The topological polar surface area (TPSA) is 82.8 Å². The molecule has 0 fully saturated rings. The molecule has 0 bridgehead atoms. The van der Waals surface area contributed by atoms with E-state index >= 15 is 0 Å². The molecule has 7 heteroatoms. The Morgan fingerprint density at radius 3 is 2.90 bits per heavy atom. The number of nitrogens with zero attached hydrogens (tertiary/aromatic N) is 5. The van der Waals surface area contributed by atoms with Crippen LogP contribution in [0.3, 0.4) is 0 Å². The highest BCUT2D eigenvalue weighted by atomic mass is 16.5. The Kier molecular flexibility index (Phi) is 3.55. The van der Waals surface area contributed by atoms with Crippen LogP contribution in [0.1, 0.15) is 6.92 Å². The highest BCUT2D eigenvalue weighted by Crippen LogP contribution is 2.09. The number of aromatic nitrogens is 5. The standard InChI is InChI=1S/C14H13N5O2/c1-10(21-11-3-2-4-15-7-11)8-19-9-18-13-12(14(19)20)16-5-6-17-13/h2-7,9-10H,8H2,1H3/t10-/m0/s1. The van der Waals surface area contributed by atoms with Crippen LogP contribution in [0.25, 0.3) is 11.2 Å². The van der Waals surface area contributed by atoms with Crippen LogP contribution in [0.4, 0.5) is 0 Å². The van der Waals surface area contributed by atoms with Crippen molar-refractivity contribution >= 4 is 11.2 Å². The summed E-state index contributed by atoms with van der Waals surface area (Å²) >= 11 is 0. The van der Waals surface area contributed by atoms with Gasteiger partial charge in [-0.3, -0.25) is 14.3 Å². The smallest absolute Gasteiger partial charge is 0.281 e. The average Bonchev–Trinajstić information content (AvgIpc) is 2.51. The van der Waals surface area contributed by atoms with Gasteiger partial charge >= 0.3 is 0 Å². The van der Waals surface area contributed by atoms with Gasteiger partial charge in [0.25, 0.3) is 5.56 Å². The van der Waals surface area contributed by atoms with E-state index in [1.54, 1.807) is 18.5 Å². The minimum atomic E-state index is -0.227. The second-order valence-corrected chi connectivity index (χ2v) is 4.55. The number of ether oxygens (including phenoxy) is 1. The SMILES string of the molecule is C[C@@H](Cn1cnc2nccnc2c1=O)Oc1cccnc1. The van der Waals surface area contributed by atoms with Crippen molar-refractivity contribution in [1.29, 1.82) is 0 Å². The van der Waals surface area contributed by atoms with Gasteiger partial charge in [0, 0.05) is 18.6 Å². The molecule has 0 saturated carbocycles. The van der Waals surface area contributed by atoms with Crippen LogP contribution in [-0.4, -0.2) is 30.6 Å². The van der Waals surface area contributed by atoms with Crippen LogP contribution in [0.5, 0.6) is 5.75 Å². The van der Waals surface area contributed by atoms with E-state index < -0.39 is 0 Å². The lowest BCUT2D eigenvalue weighted by atomic mass is 10.3. The van der Waals surface area contributed by atoms with E-state index in [-0.39, 0.29) is 17.2 Å². The van der Waals surface area contributed by atoms with E-state index in [4.69, 9.17) is 4.74 Å². The Bertz CT molecular complexity index is 803. The predicted molar refractivity (Wildman–Crippen MR) is 75.9 cm³/mol. The van der Waals surface area contributed by atoms with Gasteiger partial charge in [-0.2, -0.15) is 0 Å². The largest absolute Gasteiger partial charge is 0.487 e. The zero-order valence-electron chi connectivity index (χ0n) is 11.4. The Hall–Kier alpha value is -2.83. The van der Waals surface area contributed by atoms with Crippen molar-refractivity contribution in [3.63, 3.8) is 0 Å². The molecule has 0 N–H and O–H groups in total. The Balaban J connectivity index is 1.82.